The second-order valence-corrected chi connectivity index (χ2v) is 4.86. The molecule has 0 atom stereocenters. The molecule has 1 aromatic rings. The first-order valence-electron chi connectivity index (χ1n) is 7.07. The highest BCUT2D eigenvalue weighted by Crippen LogP contribution is 2.17. The molecule has 8 heteroatoms. The molecule has 0 saturated carbocycles. The van der Waals surface area contributed by atoms with Crippen LogP contribution in [0.4, 0.5) is 0 Å². The van der Waals surface area contributed by atoms with Crippen LogP contribution in [0, 0.1) is 6.92 Å². The summed E-state index contributed by atoms with van der Waals surface area (Å²) in [5.41, 5.74) is 8.37. The van der Waals surface area contributed by atoms with Crippen molar-refractivity contribution in [3.63, 3.8) is 0 Å². The third-order valence-corrected chi connectivity index (χ3v) is 3.26. The molecule has 0 saturated heterocycles. The van der Waals surface area contributed by atoms with Gasteiger partial charge in [0.05, 0.1) is 11.4 Å². The van der Waals surface area contributed by atoms with E-state index in [2.05, 4.69) is 20.1 Å². The van der Waals surface area contributed by atoms with Gasteiger partial charge in [0.15, 0.2) is 5.71 Å². The molecule has 0 aliphatic heterocycles. The van der Waals surface area contributed by atoms with Gasteiger partial charge in [0.25, 0.3) is 5.91 Å². The Hall–Kier alpha value is -3.03. The summed E-state index contributed by atoms with van der Waals surface area (Å²) in [6, 6.07) is 5.34. The van der Waals surface area contributed by atoms with Crippen molar-refractivity contribution in [1.29, 1.82) is 0 Å². The van der Waals surface area contributed by atoms with E-state index in [0.29, 0.717) is 29.0 Å². The van der Waals surface area contributed by atoms with Crippen LogP contribution in [0.15, 0.2) is 33.5 Å². The van der Waals surface area contributed by atoms with E-state index in [9.17, 15) is 9.59 Å². The Morgan fingerprint density at radius 3 is 2.54 bits per heavy atom. The number of primary amides is 1. The molecule has 2 N–H and O–H groups in total. The number of aliphatic imine (C=N–C) groups is 1. The van der Waals surface area contributed by atoms with Gasteiger partial charge in [-0.05, 0) is 26.3 Å². The van der Waals surface area contributed by atoms with Crippen molar-refractivity contribution < 1.29 is 19.3 Å². The van der Waals surface area contributed by atoms with Crippen LogP contribution in [0.2, 0.25) is 0 Å². The Balaban J connectivity index is 3.11. The third kappa shape index (κ3) is 5.01. The van der Waals surface area contributed by atoms with E-state index in [4.69, 9.17) is 10.6 Å². The Morgan fingerprint density at radius 1 is 1.25 bits per heavy atom. The van der Waals surface area contributed by atoms with Gasteiger partial charge in [0.1, 0.15) is 13.7 Å². The highest BCUT2D eigenvalue weighted by atomic mass is 16.6. The summed E-state index contributed by atoms with van der Waals surface area (Å²) >= 11 is 0. The summed E-state index contributed by atoms with van der Waals surface area (Å²) < 4.78 is 0. The van der Waals surface area contributed by atoms with Crippen molar-refractivity contribution >= 4 is 29.5 Å². The third-order valence-electron chi connectivity index (χ3n) is 3.26. The van der Waals surface area contributed by atoms with Crippen molar-refractivity contribution in [3.8, 4) is 0 Å². The van der Waals surface area contributed by atoms with Crippen LogP contribution < -0.4 is 5.73 Å². The predicted octanol–water partition coefficient (Wildman–Crippen LogP) is 1.34. The number of oxime groups is 2. The van der Waals surface area contributed by atoms with E-state index in [-0.39, 0.29) is 12.3 Å². The van der Waals surface area contributed by atoms with Gasteiger partial charge in [0.2, 0.25) is 6.41 Å². The van der Waals surface area contributed by atoms with E-state index in [1.165, 1.54) is 7.11 Å². The maximum atomic E-state index is 11.6. The van der Waals surface area contributed by atoms with Crippen LogP contribution in [0.25, 0.3) is 0 Å². The minimum absolute atomic E-state index is 0.000741. The number of rotatable bonds is 8. The lowest BCUT2D eigenvalue weighted by molar-refractivity contribution is -0.112. The van der Waals surface area contributed by atoms with Gasteiger partial charge >= 0.3 is 0 Å². The lowest BCUT2D eigenvalue weighted by Crippen LogP contribution is -2.26. The van der Waals surface area contributed by atoms with Crippen LogP contribution in [0.5, 0.6) is 0 Å². The molecule has 8 nitrogen and oxygen atoms in total. The van der Waals surface area contributed by atoms with Crippen molar-refractivity contribution in [3.05, 3.63) is 34.9 Å². The van der Waals surface area contributed by atoms with E-state index in [1.807, 2.05) is 13.0 Å². The summed E-state index contributed by atoms with van der Waals surface area (Å²) in [7, 11) is 1.33. The van der Waals surface area contributed by atoms with Gasteiger partial charge < -0.3 is 15.4 Å². The molecule has 128 valence electrons. The molecule has 0 radical (unpaired) electrons. The molecule has 0 aliphatic carbocycles. The molecule has 0 unspecified atom stereocenters. The van der Waals surface area contributed by atoms with Crippen LogP contribution in [-0.4, -0.2) is 36.6 Å². The molecule has 24 heavy (non-hydrogen) atoms. The zero-order valence-corrected chi connectivity index (χ0v) is 14.1. The SMILES string of the molecule is CO/N=C(/C(N)=O)c1cccc(C)c1CO/N=C(\C)C(C)=NC=O. The lowest BCUT2D eigenvalue weighted by atomic mass is 9.98. The van der Waals surface area contributed by atoms with Gasteiger partial charge in [-0.1, -0.05) is 28.5 Å². The monoisotopic (exact) mass is 332 g/mol. The van der Waals surface area contributed by atoms with Gasteiger partial charge in [-0.3, -0.25) is 9.59 Å². The lowest BCUT2D eigenvalue weighted by Gasteiger charge is -2.12. The van der Waals surface area contributed by atoms with E-state index in [1.54, 1.807) is 26.0 Å². The maximum absolute atomic E-state index is 11.6. The topological polar surface area (TPSA) is 116 Å². The second-order valence-electron chi connectivity index (χ2n) is 4.86. The molecular formula is C16H20N4O4. The van der Waals surface area contributed by atoms with Crippen molar-refractivity contribution in [2.45, 2.75) is 27.4 Å². The fraction of sp³-hybridized carbons (Fsp3) is 0.312. The van der Waals surface area contributed by atoms with E-state index >= 15 is 0 Å². The summed E-state index contributed by atoms with van der Waals surface area (Å²) in [4.78, 5) is 35.5. The Morgan fingerprint density at radius 2 is 1.96 bits per heavy atom. The molecular weight excluding hydrogens is 312 g/mol. The van der Waals surface area contributed by atoms with Gasteiger partial charge in [0, 0.05) is 11.1 Å². The highest BCUT2D eigenvalue weighted by Gasteiger charge is 2.17. The fourth-order valence-electron chi connectivity index (χ4n) is 1.87. The van der Waals surface area contributed by atoms with Gasteiger partial charge in [-0.25, -0.2) is 4.99 Å². The standard InChI is InChI=1S/C16H20N4O4/c1-10-6-5-7-13(15(16(17)22)20-23-4)14(10)8-24-19-12(3)11(2)18-9-21/h5-7,9H,8H2,1-4H3,(H2,17,22)/b18-11?,19-12+,20-15+. The largest absolute Gasteiger partial charge is 0.398 e. The summed E-state index contributed by atoms with van der Waals surface area (Å²) in [5.74, 6) is -0.711. The fourth-order valence-corrected chi connectivity index (χ4v) is 1.87. The van der Waals surface area contributed by atoms with E-state index < -0.39 is 5.91 Å². The van der Waals surface area contributed by atoms with Gasteiger partial charge in [-0.2, -0.15) is 0 Å². The summed E-state index contributed by atoms with van der Waals surface area (Å²) in [6.07, 6.45) is 0.439. The number of nitrogens with zero attached hydrogens (tertiary/aromatic N) is 3. The molecule has 0 aromatic heterocycles. The normalized spacial score (nSPS) is 12.8. The highest BCUT2D eigenvalue weighted by molar-refractivity contribution is 6.45. The number of hydrogen-bond acceptors (Lipinski definition) is 6. The number of aryl methyl sites for hydroxylation is 1. The smallest absolute Gasteiger partial charge is 0.271 e. The second kappa shape index (κ2) is 9.19. The minimum Gasteiger partial charge on any atom is -0.398 e. The van der Waals surface area contributed by atoms with Crippen molar-refractivity contribution in [2.24, 2.45) is 21.0 Å². The van der Waals surface area contributed by atoms with Crippen molar-refractivity contribution in [2.75, 3.05) is 7.11 Å². The average Bonchev–Trinajstić information content (AvgIpc) is 2.54. The van der Waals surface area contributed by atoms with E-state index in [0.717, 1.165) is 5.56 Å². The maximum Gasteiger partial charge on any atom is 0.271 e. The van der Waals surface area contributed by atoms with Crippen molar-refractivity contribution in [1.82, 2.24) is 0 Å². The summed E-state index contributed by atoms with van der Waals surface area (Å²) in [5, 5.41) is 7.59. The molecule has 0 heterocycles. The van der Waals surface area contributed by atoms with Crippen LogP contribution in [-0.2, 0) is 25.9 Å². The van der Waals surface area contributed by atoms with Gasteiger partial charge in [-0.15, -0.1) is 0 Å². The summed E-state index contributed by atoms with van der Waals surface area (Å²) in [6.45, 7) is 5.27. The molecule has 0 bridgehead atoms. The Bertz CT molecular complexity index is 708. The zero-order chi connectivity index (χ0) is 18.1. The Labute approximate surface area is 140 Å². The number of hydrogen-bond donors (Lipinski definition) is 1. The molecule has 1 rings (SSSR count). The number of carbonyl (C=O) groups is 2. The first kappa shape index (κ1) is 19.0. The molecule has 0 fully saturated rings. The quantitative estimate of drug-likeness (QED) is 0.439. The zero-order valence-electron chi connectivity index (χ0n) is 14.1. The Kier molecular flexibility index (Phi) is 7.28. The minimum atomic E-state index is -0.711. The first-order valence-corrected chi connectivity index (χ1v) is 7.07. The number of carbonyl (C=O) groups excluding carboxylic acids is 2. The van der Waals surface area contributed by atoms with Crippen LogP contribution >= 0.6 is 0 Å². The number of nitrogens with two attached hydrogens (primary N) is 1. The molecule has 1 aromatic carbocycles. The first-order chi connectivity index (χ1) is 11.4. The number of benzene rings is 1. The molecule has 2 amide bonds. The van der Waals surface area contributed by atoms with Crippen LogP contribution in [0.3, 0.4) is 0 Å². The number of amides is 2. The van der Waals surface area contributed by atoms with Crippen LogP contribution in [0.1, 0.15) is 30.5 Å². The molecule has 0 aliphatic rings. The average molecular weight is 332 g/mol. The predicted molar refractivity (Wildman–Crippen MR) is 91.0 cm³/mol. The molecule has 0 spiro atoms.